The molecular formula is C13H6Cl3FN2. The van der Waals surface area contributed by atoms with Gasteiger partial charge >= 0.3 is 0 Å². The first kappa shape index (κ1) is 14.1. The summed E-state index contributed by atoms with van der Waals surface area (Å²) in [6.07, 6.45) is 1.27. The fourth-order valence-electron chi connectivity index (χ4n) is 1.59. The lowest BCUT2D eigenvalue weighted by Gasteiger charge is -2.08. The molecule has 1 aromatic heterocycles. The van der Waals surface area contributed by atoms with Crippen molar-refractivity contribution in [3.8, 4) is 17.2 Å². The van der Waals surface area contributed by atoms with E-state index in [0.717, 1.165) is 0 Å². The first-order chi connectivity index (χ1) is 9.02. The molecule has 0 aliphatic rings. The Kier molecular flexibility index (Phi) is 4.26. The van der Waals surface area contributed by atoms with E-state index in [1.54, 1.807) is 6.07 Å². The van der Waals surface area contributed by atoms with Crippen molar-refractivity contribution in [1.29, 1.82) is 5.26 Å². The molecule has 0 atom stereocenters. The van der Waals surface area contributed by atoms with Gasteiger partial charge in [-0.05, 0) is 18.2 Å². The van der Waals surface area contributed by atoms with E-state index < -0.39 is 5.95 Å². The van der Waals surface area contributed by atoms with E-state index in [1.165, 1.54) is 18.3 Å². The third-order valence-electron chi connectivity index (χ3n) is 2.50. The molecule has 0 N–H and O–H groups in total. The van der Waals surface area contributed by atoms with E-state index in [-0.39, 0.29) is 12.0 Å². The summed E-state index contributed by atoms with van der Waals surface area (Å²) in [6, 6.07) is 6.49. The highest BCUT2D eigenvalue weighted by Crippen LogP contribution is 2.35. The summed E-state index contributed by atoms with van der Waals surface area (Å²) in [5, 5.41) is 9.69. The molecule has 1 heterocycles. The van der Waals surface area contributed by atoms with Crippen molar-refractivity contribution >= 4 is 34.8 Å². The lowest BCUT2D eigenvalue weighted by atomic mass is 10.0. The van der Waals surface area contributed by atoms with Gasteiger partial charge in [0.05, 0.1) is 27.6 Å². The van der Waals surface area contributed by atoms with E-state index in [0.29, 0.717) is 26.2 Å². The number of aromatic nitrogens is 1. The highest BCUT2D eigenvalue weighted by atomic mass is 35.5. The highest BCUT2D eigenvalue weighted by molar-refractivity contribution is 6.44. The molecule has 0 unspecified atom stereocenters. The first-order valence-electron chi connectivity index (χ1n) is 5.19. The summed E-state index contributed by atoms with van der Waals surface area (Å²) >= 11 is 17.9. The lowest BCUT2D eigenvalue weighted by molar-refractivity contribution is 0.571. The second-order valence-corrected chi connectivity index (χ2v) is 4.98. The zero-order valence-electron chi connectivity index (χ0n) is 9.42. The van der Waals surface area contributed by atoms with Crippen LogP contribution in [0.1, 0.15) is 5.56 Å². The van der Waals surface area contributed by atoms with E-state index >= 15 is 0 Å². The molecule has 0 radical (unpaired) electrons. The van der Waals surface area contributed by atoms with Crippen LogP contribution < -0.4 is 0 Å². The van der Waals surface area contributed by atoms with Crippen LogP contribution in [-0.4, -0.2) is 4.98 Å². The van der Waals surface area contributed by atoms with Crippen molar-refractivity contribution < 1.29 is 4.39 Å². The average Bonchev–Trinajstić information content (AvgIpc) is 2.37. The standard InChI is InChI=1S/C13H6Cl3FN2/c14-10-5-12(16)11(15)4-9(10)8-3-7(1-2-18)13(17)19-6-8/h3-6H,1H2. The van der Waals surface area contributed by atoms with Crippen molar-refractivity contribution in [3.05, 3.63) is 51.0 Å². The van der Waals surface area contributed by atoms with Crippen molar-refractivity contribution in [2.24, 2.45) is 0 Å². The van der Waals surface area contributed by atoms with Crippen molar-refractivity contribution in [2.75, 3.05) is 0 Å². The first-order valence-corrected chi connectivity index (χ1v) is 6.32. The van der Waals surface area contributed by atoms with Gasteiger partial charge in [0, 0.05) is 22.9 Å². The van der Waals surface area contributed by atoms with Crippen LogP contribution in [0.25, 0.3) is 11.1 Å². The molecule has 0 spiro atoms. The Hall–Kier alpha value is -1.34. The van der Waals surface area contributed by atoms with Gasteiger partial charge in [0.2, 0.25) is 5.95 Å². The molecule has 0 amide bonds. The van der Waals surface area contributed by atoms with Gasteiger partial charge in [-0.25, -0.2) is 4.98 Å². The number of nitrogens with zero attached hydrogens (tertiary/aromatic N) is 2. The van der Waals surface area contributed by atoms with Crippen LogP contribution in [0.15, 0.2) is 24.4 Å². The van der Waals surface area contributed by atoms with Gasteiger partial charge in [0.25, 0.3) is 0 Å². The van der Waals surface area contributed by atoms with E-state index in [1.807, 2.05) is 6.07 Å². The number of nitriles is 1. The molecule has 1 aromatic carbocycles. The zero-order chi connectivity index (χ0) is 14.0. The normalized spacial score (nSPS) is 10.3. The van der Waals surface area contributed by atoms with Crippen LogP contribution in [0.5, 0.6) is 0 Å². The SMILES string of the molecule is N#CCc1cc(-c2cc(Cl)c(Cl)cc2Cl)cnc1F. The summed E-state index contributed by atoms with van der Waals surface area (Å²) in [4.78, 5) is 3.61. The van der Waals surface area contributed by atoms with Crippen LogP contribution in [0.2, 0.25) is 15.1 Å². The fourth-order valence-corrected chi connectivity index (χ4v) is 2.25. The molecule has 19 heavy (non-hydrogen) atoms. The predicted octanol–water partition coefficient (Wildman–Crippen LogP) is 4.91. The average molecular weight is 316 g/mol. The van der Waals surface area contributed by atoms with Crippen LogP contribution in [-0.2, 0) is 6.42 Å². The maximum absolute atomic E-state index is 13.4. The van der Waals surface area contributed by atoms with Crippen LogP contribution in [0.3, 0.4) is 0 Å². The van der Waals surface area contributed by atoms with Gasteiger partial charge in [0.1, 0.15) is 0 Å². The minimum atomic E-state index is -0.665. The molecule has 0 saturated carbocycles. The number of hydrogen-bond donors (Lipinski definition) is 0. The summed E-state index contributed by atoms with van der Waals surface area (Å²) < 4.78 is 13.4. The van der Waals surface area contributed by atoms with Crippen LogP contribution >= 0.6 is 34.8 Å². The number of rotatable bonds is 2. The van der Waals surface area contributed by atoms with Gasteiger partial charge in [-0.3, -0.25) is 0 Å². The minimum absolute atomic E-state index is 0.0639. The molecular weight excluding hydrogens is 310 g/mol. The highest BCUT2D eigenvalue weighted by Gasteiger charge is 2.11. The Balaban J connectivity index is 2.57. The van der Waals surface area contributed by atoms with E-state index in [4.69, 9.17) is 40.1 Å². The summed E-state index contributed by atoms with van der Waals surface area (Å²) in [5.41, 5.74) is 1.38. The lowest BCUT2D eigenvalue weighted by Crippen LogP contribution is -1.94. The van der Waals surface area contributed by atoms with Gasteiger partial charge in [-0.1, -0.05) is 34.8 Å². The largest absolute Gasteiger partial charge is 0.227 e. The zero-order valence-corrected chi connectivity index (χ0v) is 11.7. The van der Waals surface area contributed by atoms with Crippen molar-refractivity contribution in [3.63, 3.8) is 0 Å². The Morgan fingerprint density at radius 1 is 1.11 bits per heavy atom. The summed E-state index contributed by atoms with van der Waals surface area (Å²) in [5.74, 6) is -0.665. The molecule has 0 fully saturated rings. The minimum Gasteiger partial charge on any atom is -0.227 e. The Morgan fingerprint density at radius 2 is 1.79 bits per heavy atom. The molecule has 0 aliphatic carbocycles. The molecule has 2 nitrogen and oxygen atoms in total. The maximum atomic E-state index is 13.4. The third kappa shape index (κ3) is 2.98. The fraction of sp³-hybridized carbons (Fsp3) is 0.0769. The van der Waals surface area contributed by atoms with Crippen molar-refractivity contribution in [1.82, 2.24) is 4.98 Å². The van der Waals surface area contributed by atoms with E-state index in [9.17, 15) is 4.39 Å². The maximum Gasteiger partial charge on any atom is 0.217 e. The molecule has 6 heteroatoms. The van der Waals surface area contributed by atoms with Crippen LogP contribution in [0, 0.1) is 17.3 Å². The smallest absolute Gasteiger partial charge is 0.217 e. The number of halogens is 4. The second-order valence-electron chi connectivity index (χ2n) is 3.75. The number of pyridine rings is 1. The molecule has 0 saturated heterocycles. The van der Waals surface area contributed by atoms with E-state index in [2.05, 4.69) is 4.98 Å². The Morgan fingerprint density at radius 3 is 2.47 bits per heavy atom. The monoisotopic (exact) mass is 314 g/mol. The molecule has 0 bridgehead atoms. The quantitative estimate of drug-likeness (QED) is 0.583. The molecule has 96 valence electrons. The van der Waals surface area contributed by atoms with Gasteiger partial charge in [-0.2, -0.15) is 9.65 Å². The molecule has 2 rings (SSSR count). The van der Waals surface area contributed by atoms with Gasteiger partial charge in [0.15, 0.2) is 0 Å². The Labute approximate surface area is 124 Å². The second kappa shape index (κ2) is 5.75. The van der Waals surface area contributed by atoms with Gasteiger partial charge < -0.3 is 0 Å². The van der Waals surface area contributed by atoms with Crippen molar-refractivity contribution in [2.45, 2.75) is 6.42 Å². The predicted molar refractivity (Wildman–Crippen MR) is 74.0 cm³/mol. The summed E-state index contributed by atoms with van der Waals surface area (Å²) in [7, 11) is 0. The number of hydrogen-bond acceptors (Lipinski definition) is 2. The Bertz CT molecular complexity index is 680. The molecule has 0 aliphatic heterocycles. The summed E-state index contributed by atoms with van der Waals surface area (Å²) in [6.45, 7) is 0. The third-order valence-corrected chi connectivity index (χ3v) is 3.54. The topological polar surface area (TPSA) is 36.7 Å². The van der Waals surface area contributed by atoms with Gasteiger partial charge in [-0.15, -0.1) is 0 Å². The number of benzene rings is 1. The molecule has 2 aromatic rings. The van der Waals surface area contributed by atoms with Crippen LogP contribution in [0.4, 0.5) is 4.39 Å².